The van der Waals surface area contributed by atoms with Crippen LogP contribution < -0.4 is 0 Å². The summed E-state index contributed by atoms with van der Waals surface area (Å²) in [6.45, 7) is 0. The van der Waals surface area contributed by atoms with E-state index in [1.165, 1.54) is 18.3 Å². The number of aliphatic imine (C=N–C) groups is 1. The summed E-state index contributed by atoms with van der Waals surface area (Å²) < 4.78 is 4.95. The van der Waals surface area contributed by atoms with E-state index in [0.29, 0.717) is 11.0 Å². The number of aromatic amines is 1. The molecule has 0 aliphatic heterocycles. The van der Waals surface area contributed by atoms with Crippen molar-refractivity contribution >= 4 is 40.7 Å². The van der Waals surface area contributed by atoms with Crippen LogP contribution in [-0.4, -0.2) is 21.1 Å². The van der Waals surface area contributed by atoms with Crippen molar-refractivity contribution in [3.8, 4) is 0 Å². The Bertz CT molecular complexity index is 821. The number of hydrogen-bond acceptors (Lipinski definition) is 5. The molecule has 2 heterocycles. The van der Waals surface area contributed by atoms with Gasteiger partial charge in [0.05, 0.1) is 23.3 Å². The first-order valence-electron chi connectivity index (χ1n) is 5.55. The zero-order valence-electron chi connectivity index (χ0n) is 9.91. The van der Waals surface area contributed by atoms with E-state index in [-0.39, 0.29) is 11.6 Å². The molecule has 0 aliphatic rings. The molecule has 0 radical (unpaired) electrons. The Kier molecular flexibility index (Phi) is 2.96. The second-order valence-electron chi connectivity index (χ2n) is 3.91. The Hall–Kier alpha value is -2.67. The number of halogens is 1. The summed E-state index contributed by atoms with van der Waals surface area (Å²) in [5, 5.41) is 11.1. The Morgan fingerprint density at radius 2 is 2.25 bits per heavy atom. The van der Waals surface area contributed by atoms with Crippen molar-refractivity contribution in [1.29, 1.82) is 0 Å². The molecule has 0 saturated carbocycles. The minimum Gasteiger partial charge on any atom is -0.400 e. The fourth-order valence-electron chi connectivity index (χ4n) is 1.66. The van der Waals surface area contributed by atoms with Gasteiger partial charge in [-0.2, -0.15) is 0 Å². The normalized spacial score (nSPS) is 11.4. The number of H-pyrrole nitrogens is 1. The third-order valence-corrected chi connectivity index (χ3v) is 2.77. The highest BCUT2D eigenvalue weighted by molar-refractivity contribution is 6.31. The van der Waals surface area contributed by atoms with Gasteiger partial charge < -0.3 is 9.40 Å². The minimum atomic E-state index is -0.611. The lowest BCUT2D eigenvalue weighted by atomic mass is 10.3. The molecule has 0 unspecified atom stereocenters. The molecule has 7 nitrogen and oxygen atoms in total. The van der Waals surface area contributed by atoms with Crippen LogP contribution in [0.3, 0.4) is 0 Å². The van der Waals surface area contributed by atoms with E-state index in [0.717, 1.165) is 11.0 Å². The van der Waals surface area contributed by atoms with Crippen LogP contribution in [0.4, 0.5) is 11.8 Å². The van der Waals surface area contributed by atoms with E-state index in [1.54, 1.807) is 18.2 Å². The van der Waals surface area contributed by atoms with E-state index in [2.05, 4.69) is 15.0 Å². The number of nitrogens with one attached hydrogen (secondary N) is 1. The Morgan fingerprint density at radius 1 is 1.40 bits per heavy atom. The van der Waals surface area contributed by atoms with Crippen LogP contribution in [0.2, 0.25) is 5.02 Å². The van der Waals surface area contributed by atoms with Crippen LogP contribution >= 0.6 is 11.6 Å². The fraction of sp³-hybridized carbons (Fsp3) is 0. The molecular weight excluding hydrogens is 284 g/mol. The van der Waals surface area contributed by atoms with E-state index < -0.39 is 4.92 Å². The molecule has 100 valence electrons. The zero-order chi connectivity index (χ0) is 14.1. The molecule has 1 aromatic carbocycles. The highest BCUT2D eigenvalue weighted by Crippen LogP contribution is 2.20. The molecular formula is C12H7ClN4O3. The van der Waals surface area contributed by atoms with Gasteiger partial charge in [-0.1, -0.05) is 11.6 Å². The lowest BCUT2D eigenvalue weighted by Gasteiger charge is -1.87. The number of furan rings is 1. The van der Waals surface area contributed by atoms with Gasteiger partial charge in [-0.05, 0) is 24.3 Å². The monoisotopic (exact) mass is 290 g/mol. The summed E-state index contributed by atoms with van der Waals surface area (Å²) in [6, 6.07) is 7.96. The first kappa shape index (κ1) is 12.4. The van der Waals surface area contributed by atoms with Crippen LogP contribution in [0.1, 0.15) is 5.76 Å². The molecule has 20 heavy (non-hydrogen) atoms. The molecule has 0 saturated heterocycles. The highest BCUT2D eigenvalue weighted by Gasteiger charge is 2.10. The summed E-state index contributed by atoms with van der Waals surface area (Å²) in [5.74, 6) is 0.305. The maximum atomic E-state index is 10.5. The first-order valence-corrected chi connectivity index (χ1v) is 5.93. The van der Waals surface area contributed by atoms with Gasteiger partial charge in [-0.3, -0.25) is 10.1 Å². The summed E-state index contributed by atoms with van der Waals surface area (Å²) >= 11 is 5.87. The molecule has 3 rings (SSSR count). The van der Waals surface area contributed by atoms with Crippen LogP contribution in [0.5, 0.6) is 0 Å². The van der Waals surface area contributed by atoms with Gasteiger partial charge in [0.2, 0.25) is 5.95 Å². The highest BCUT2D eigenvalue weighted by atomic mass is 35.5. The fourth-order valence-corrected chi connectivity index (χ4v) is 1.84. The van der Waals surface area contributed by atoms with Crippen molar-refractivity contribution in [2.75, 3.05) is 0 Å². The van der Waals surface area contributed by atoms with Gasteiger partial charge in [0.15, 0.2) is 5.76 Å². The number of nitrogens with zero attached hydrogens (tertiary/aromatic N) is 3. The molecule has 0 bridgehead atoms. The largest absolute Gasteiger partial charge is 0.433 e. The standard InChI is InChI=1S/C12H7ClN4O3/c13-7-1-3-9-10(5-7)16-12(15-9)14-6-8-2-4-11(20-8)17(18)19/h1-6H,(H,15,16)/b14-6+. The SMILES string of the molecule is O=[N+]([O-])c1ccc(/C=N/c2nc3ccc(Cl)cc3[nH]2)o1. The molecule has 0 fully saturated rings. The molecule has 2 aromatic heterocycles. The second kappa shape index (κ2) is 4.78. The summed E-state index contributed by atoms with van der Waals surface area (Å²) in [6.07, 6.45) is 1.35. The number of benzene rings is 1. The molecule has 0 aliphatic carbocycles. The number of nitro groups is 1. The van der Waals surface area contributed by atoms with Gasteiger partial charge in [0.25, 0.3) is 0 Å². The van der Waals surface area contributed by atoms with Crippen molar-refractivity contribution in [1.82, 2.24) is 9.97 Å². The Morgan fingerprint density at radius 3 is 3.00 bits per heavy atom. The van der Waals surface area contributed by atoms with Crippen molar-refractivity contribution < 1.29 is 9.34 Å². The number of aromatic nitrogens is 2. The quantitative estimate of drug-likeness (QED) is 0.453. The third-order valence-electron chi connectivity index (χ3n) is 2.54. The van der Waals surface area contributed by atoms with E-state index in [1.807, 2.05) is 0 Å². The zero-order valence-corrected chi connectivity index (χ0v) is 10.7. The van der Waals surface area contributed by atoms with Gasteiger partial charge in [0.1, 0.15) is 4.92 Å². The van der Waals surface area contributed by atoms with Gasteiger partial charge in [-0.15, -0.1) is 0 Å². The van der Waals surface area contributed by atoms with Crippen molar-refractivity contribution in [2.24, 2.45) is 4.99 Å². The average molecular weight is 291 g/mol. The predicted molar refractivity (Wildman–Crippen MR) is 73.7 cm³/mol. The Balaban J connectivity index is 1.87. The average Bonchev–Trinajstić information content (AvgIpc) is 3.01. The summed E-state index contributed by atoms with van der Waals surface area (Å²) in [4.78, 5) is 21.1. The Labute approximate surface area is 117 Å². The lowest BCUT2D eigenvalue weighted by molar-refractivity contribution is -0.402. The summed E-state index contributed by atoms with van der Waals surface area (Å²) in [7, 11) is 0. The first-order chi connectivity index (χ1) is 9.61. The number of rotatable bonds is 3. The maximum Gasteiger partial charge on any atom is 0.433 e. The van der Waals surface area contributed by atoms with E-state index in [9.17, 15) is 10.1 Å². The van der Waals surface area contributed by atoms with Crippen molar-refractivity contribution in [3.05, 3.63) is 51.2 Å². The van der Waals surface area contributed by atoms with E-state index >= 15 is 0 Å². The molecule has 0 atom stereocenters. The van der Waals surface area contributed by atoms with E-state index in [4.69, 9.17) is 16.0 Å². The van der Waals surface area contributed by atoms with Crippen LogP contribution in [0.25, 0.3) is 11.0 Å². The van der Waals surface area contributed by atoms with Crippen LogP contribution in [0, 0.1) is 10.1 Å². The molecule has 0 amide bonds. The molecule has 3 aromatic rings. The minimum absolute atomic E-state index is 0.273. The molecule has 8 heteroatoms. The molecule has 0 spiro atoms. The van der Waals surface area contributed by atoms with Gasteiger partial charge >= 0.3 is 5.88 Å². The topological polar surface area (TPSA) is 97.3 Å². The van der Waals surface area contributed by atoms with Gasteiger partial charge in [0, 0.05) is 5.02 Å². The smallest absolute Gasteiger partial charge is 0.400 e. The number of hydrogen-bond donors (Lipinski definition) is 1. The predicted octanol–water partition coefficient (Wildman–Crippen LogP) is 3.47. The third kappa shape index (κ3) is 2.39. The van der Waals surface area contributed by atoms with Crippen molar-refractivity contribution in [3.63, 3.8) is 0 Å². The van der Waals surface area contributed by atoms with Gasteiger partial charge in [-0.25, -0.2) is 9.98 Å². The number of fused-ring (bicyclic) bond motifs is 1. The van der Waals surface area contributed by atoms with Crippen LogP contribution in [-0.2, 0) is 0 Å². The number of imidazole rings is 1. The lowest BCUT2D eigenvalue weighted by Crippen LogP contribution is -1.83. The summed E-state index contributed by atoms with van der Waals surface area (Å²) in [5.41, 5.74) is 1.49. The second-order valence-corrected chi connectivity index (χ2v) is 4.35. The van der Waals surface area contributed by atoms with Crippen molar-refractivity contribution in [2.45, 2.75) is 0 Å². The van der Waals surface area contributed by atoms with Crippen LogP contribution in [0.15, 0.2) is 39.7 Å². The maximum absolute atomic E-state index is 10.5. The molecule has 1 N–H and O–H groups in total.